The van der Waals surface area contributed by atoms with Gasteiger partial charge in [0.1, 0.15) is 12.2 Å². The third-order valence-corrected chi connectivity index (χ3v) is 5.73. The number of piperidine rings is 1. The van der Waals surface area contributed by atoms with E-state index in [-0.39, 0.29) is 24.8 Å². The van der Waals surface area contributed by atoms with E-state index in [9.17, 15) is 9.59 Å². The summed E-state index contributed by atoms with van der Waals surface area (Å²) in [6.07, 6.45) is 2.59. The molecule has 2 fully saturated rings. The van der Waals surface area contributed by atoms with Crippen molar-refractivity contribution in [2.75, 3.05) is 6.61 Å². The highest BCUT2D eigenvalue weighted by Gasteiger charge is 2.52. The van der Waals surface area contributed by atoms with E-state index in [0.29, 0.717) is 12.8 Å². The highest BCUT2D eigenvalue weighted by atomic mass is 79.9. The van der Waals surface area contributed by atoms with Crippen LogP contribution < -0.4 is 0 Å². The minimum atomic E-state index is -0.992. The minimum Gasteiger partial charge on any atom is -0.480 e. The van der Waals surface area contributed by atoms with Crippen molar-refractivity contribution in [3.8, 4) is 0 Å². The van der Waals surface area contributed by atoms with Gasteiger partial charge in [0, 0.05) is 29.4 Å². The van der Waals surface area contributed by atoms with Gasteiger partial charge in [-0.15, -0.1) is 0 Å². The number of nitrogens with zero attached hydrogens (tertiary/aromatic N) is 1. The number of amides is 1. The lowest BCUT2D eigenvalue weighted by Crippen LogP contribution is -2.54. The number of benzene rings is 1. The predicted molar refractivity (Wildman–Crippen MR) is 104 cm³/mol. The highest BCUT2D eigenvalue weighted by molar-refractivity contribution is 9.10. The molecule has 0 saturated carbocycles. The Morgan fingerprint density at radius 1 is 1.19 bits per heavy atom. The van der Waals surface area contributed by atoms with E-state index >= 15 is 0 Å². The van der Waals surface area contributed by atoms with E-state index < -0.39 is 17.2 Å². The van der Waals surface area contributed by atoms with Crippen molar-refractivity contribution in [1.82, 2.24) is 4.90 Å². The van der Waals surface area contributed by atoms with E-state index in [1.54, 1.807) is 0 Å². The topological polar surface area (TPSA) is 76.1 Å². The van der Waals surface area contributed by atoms with Crippen molar-refractivity contribution < 1.29 is 24.2 Å². The van der Waals surface area contributed by atoms with Gasteiger partial charge >= 0.3 is 12.1 Å². The van der Waals surface area contributed by atoms with Gasteiger partial charge in [0.05, 0.1) is 5.60 Å². The lowest BCUT2D eigenvalue weighted by molar-refractivity contribution is -0.158. The second kappa shape index (κ2) is 7.43. The number of rotatable bonds is 4. The summed E-state index contributed by atoms with van der Waals surface area (Å²) in [5.41, 5.74) is -0.298. The molecule has 0 aromatic heterocycles. The molecule has 2 saturated heterocycles. The van der Waals surface area contributed by atoms with Crippen LogP contribution in [0.5, 0.6) is 0 Å². The molecule has 2 bridgehead atoms. The first kappa shape index (κ1) is 20.1. The van der Waals surface area contributed by atoms with Crippen molar-refractivity contribution in [2.24, 2.45) is 0 Å². The van der Waals surface area contributed by atoms with Gasteiger partial charge < -0.3 is 19.5 Å². The highest BCUT2D eigenvalue weighted by Crippen LogP contribution is 2.48. The molecular weight excluding hydrogens is 414 g/mol. The van der Waals surface area contributed by atoms with E-state index in [1.165, 1.54) is 0 Å². The van der Waals surface area contributed by atoms with Crippen LogP contribution in [0.1, 0.15) is 52.0 Å². The quantitative estimate of drug-likeness (QED) is 0.756. The summed E-state index contributed by atoms with van der Waals surface area (Å²) in [5.74, 6) is -0.992. The first-order valence-electron chi connectivity index (χ1n) is 9.23. The molecule has 0 aliphatic carbocycles. The maximum Gasteiger partial charge on any atom is 0.410 e. The molecule has 7 heteroatoms. The Morgan fingerprint density at radius 2 is 1.74 bits per heavy atom. The van der Waals surface area contributed by atoms with Crippen LogP contribution in [0.4, 0.5) is 4.79 Å². The second-order valence-electron chi connectivity index (χ2n) is 8.36. The molecule has 2 heterocycles. The molecular formula is C20H26BrNO5. The summed E-state index contributed by atoms with van der Waals surface area (Å²) >= 11 is 3.44. The molecule has 148 valence electrons. The average molecular weight is 440 g/mol. The summed E-state index contributed by atoms with van der Waals surface area (Å²) in [6, 6.07) is 7.77. The van der Waals surface area contributed by atoms with E-state index in [4.69, 9.17) is 14.6 Å². The van der Waals surface area contributed by atoms with Crippen LogP contribution in [0, 0.1) is 0 Å². The van der Waals surface area contributed by atoms with E-state index in [0.717, 1.165) is 22.9 Å². The smallest absolute Gasteiger partial charge is 0.410 e. The SMILES string of the molecule is CC(C)(C)OC(=O)N1C2CCC1CC(OCC(=O)O)(c1ccc(Br)cc1)C2. The van der Waals surface area contributed by atoms with Gasteiger partial charge in [-0.2, -0.15) is 0 Å². The van der Waals surface area contributed by atoms with Gasteiger partial charge in [-0.05, 0) is 51.3 Å². The molecule has 27 heavy (non-hydrogen) atoms. The zero-order valence-corrected chi connectivity index (χ0v) is 17.5. The fourth-order valence-corrected chi connectivity index (χ4v) is 4.47. The van der Waals surface area contributed by atoms with Gasteiger partial charge in [-0.25, -0.2) is 9.59 Å². The van der Waals surface area contributed by atoms with Crippen molar-refractivity contribution in [1.29, 1.82) is 0 Å². The molecule has 2 aliphatic heterocycles. The number of carbonyl (C=O) groups is 2. The fraction of sp³-hybridized carbons (Fsp3) is 0.600. The summed E-state index contributed by atoms with van der Waals surface area (Å²) in [7, 11) is 0. The summed E-state index contributed by atoms with van der Waals surface area (Å²) in [6.45, 7) is 5.22. The summed E-state index contributed by atoms with van der Waals surface area (Å²) in [5, 5.41) is 9.15. The molecule has 6 nitrogen and oxygen atoms in total. The van der Waals surface area contributed by atoms with Gasteiger partial charge in [-0.1, -0.05) is 28.1 Å². The molecule has 0 spiro atoms. The Balaban J connectivity index is 1.87. The lowest BCUT2D eigenvalue weighted by Gasteiger charge is -2.46. The number of aliphatic carboxylic acids is 1. The van der Waals surface area contributed by atoms with E-state index in [1.807, 2.05) is 49.9 Å². The minimum absolute atomic E-state index is 0.0176. The van der Waals surface area contributed by atoms with E-state index in [2.05, 4.69) is 15.9 Å². The first-order chi connectivity index (χ1) is 12.6. The van der Waals surface area contributed by atoms with Gasteiger partial charge in [0.2, 0.25) is 0 Å². The van der Waals surface area contributed by atoms with Crippen molar-refractivity contribution >= 4 is 28.0 Å². The van der Waals surface area contributed by atoms with Crippen LogP contribution in [-0.4, -0.2) is 46.4 Å². The molecule has 2 unspecified atom stereocenters. The second-order valence-corrected chi connectivity index (χ2v) is 9.28. The number of carboxylic acid groups (broad SMARTS) is 1. The van der Waals surface area contributed by atoms with Crippen LogP contribution in [0.15, 0.2) is 28.7 Å². The normalized spacial score (nSPS) is 27.5. The largest absolute Gasteiger partial charge is 0.480 e. The Kier molecular flexibility index (Phi) is 5.54. The number of fused-ring (bicyclic) bond motifs is 2. The van der Waals surface area contributed by atoms with Crippen molar-refractivity contribution in [2.45, 2.75) is 69.7 Å². The Labute approximate surface area is 168 Å². The van der Waals surface area contributed by atoms with Gasteiger partial charge in [0.25, 0.3) is 0 Å². The van der Waals surface area contributed by atoms with Crippen molar-refractivity contribution in [3.05, 3.63) is 34.3 Å². The Hall–Kier alpha value is -1.60. The molecule has 1 amide bonds. The number of halogens is 1. The van der Waals surface area contributed by atoms with Crippen molar-refractivity contribution in [3.63, 3.8) is 0 Å². The standard InChI is InChI=1S/C20H26BrNO5/c1-19(2,3)27-18(25)22-15-8-9-16(22)11-20(10-15,26-12-17(23)24)13-4-6-14(21)7-5-13/h4-7,15-16H,8-12H2,1-3H3,(H,23,24). The third kappa shape index (κ3) is 4.46. The first-order valence-corrected chi connectivity index (χ1v) is 10.0. The maximum atomic E-state index is 12.7. The number of hydrogen-bond acceptors (Lipinski definition) is 4. The zero-order chi connectivity index (χ0) is 19.8. The van der Waals surface area contributed by atoms with Crippen LogP contribution in [0.2, 0.25) is 0 Å². The molecule has 2 atom stereocenters. The Bertz CT molecular complexity index is 698. The molecule has 3 rings (SSSR count). The number of carboxylic acids is 1. The van der Waals surface area contributed by atoms with Crippen LogP contribution in [-0.2, 0) is 19.9 Å². The molecule has 1 aromatic carbocycles. The zero-order valence-electron chi connectivity index (χ0n) is 15.9. The van der Waals surface area contributed by atoms with Crippen LogP contribution >= 0.6 is 15.9 Å². The molecule has 0 radical (unpaired) electrons. The number of hydrogen-bond donors (Lipinski definition) is 1. The predicted octanol–water partition coefficient (Wildman–Crippen LogP) is 4.31. The van der Waals surface area contributed by atoms with Crippen LogP contribution in [0.25, 0.3) is 0 Å². The fourth-order valence-electron chi connectivity index (χ4n) is 4.21. The average Bonchev–Trinajstić information content (AvgIpc) is 2.84. The van der Waals surface area contributed by atoms with Gasteiger partial charge in [-0.3, -0.25) is 0 Å². The number of carbonyl (C=O) groups excluding carboxylic acids is 1. The third-order valence-electron chi connectivity index (χ3n) is 5.20. The molecule has 1 N–H and O–H groups in total. The van der Waals surface area contributed by atoms with Crippen LogP contribution in [0.3, 0.4) is 0 Å². The summed E-state index contributed by atoms with van der Waals surface area (Å²) < 4.78 is 12.5. The molecule has 2 aliphatic rings. The maximum absolute atomic E-state index is 12.7. The molecule has 1 aromatic rings. The number of ether oxygens (including phenoxy) is 2. The van der Waals surface area contributed by atoms with Gasteiger partial charge in [0.15, 0.2) is 0 Å². The lowest BCUT2D eigenvalue weighted by atomic mass is 9.80. The monoisotopic (exact) mass is 439 g/mol. The Morgan fingerprint density at radius 3 is 2.22 bits per heavy atom. The summed E-state index contributed by atoms with van der Waals surface area (Å²) in [4.78, 5) is 25.7.